The molecule has 0 bridgehead atoms. The molecule has 0 aromatic heterocycles. The number of ether oxygens (including phenoxy) is 1. The van der Waals surface area contributed by atoms with Crippen LogP contribution in [0.15, 0.2) is 29.4 Å². The van der Waals surface area contributed by atoms with Crippen LogP contribution in [0.25, 0.3) is 0 Å². The van der Waals surface area contributed by atoms with Crippen LogP contribution < -0.4 is 5.84 Å². The number of nitrogens with two attached hydrogens (primary N) is 1. The molecule has 0 radical (unpaired) electrons. The van der Waals surface area contributed by atoms with Crippen LogP contribution >= 0.6 is 0 Å². The molecule has 0 fully saturated rings. The SMILES string of the molecule is CCC(C)OCc1cccc(C=NN)c1. The summed E-state index contributed by atoms with van der Waals surface area (Å²) in [7, 11) is 0. The van der Waals surface area contributed by atoms with Crippen molar-refractivity contribution in [3.8, 4) is 0 Å². The molecule has 1 unspecified atom stereocenters. The second kappa shape index (κ2) is 6.19. The molecule has 1 atom stereocenters. The molecule has 0 aliphatic carbocycles. The average molecular weight is 206 g/mol. The van der Waals surface area contributed by atoms with E-state index in [-0.39, 0.29) is 0 Å². The quantitative estimate of drug-likeness (QED) is 0.456. The number of hydrazone groups is 1. The smallest absolute Gasteiger partial charge is 0.0720 e. The van der Waals surface area contributed by atoms with Gasteiger partial charge in [-0.05, 0) is 30.5 Å². The molecular weight excluding hydrogens is 188 g/mol. The molecule has 0 aliphatic heterocycles. The van der Waals surface area contributed by atoms with E-state index in [2.05, 4.69) is 18.9 Å². The Morgan fingerprint density at radius 3 is 3.00 bits per heavy atom. The largest absolute Gasteiger partial charge is 0.374 e. The van der Waals surface area contributed by atoms with Crippen molar-refractivity contribution in [1.29, 1.82) is 0 Å². The summed E-state index contributed by atoms with van der Waals surface area (Å²) < 4.78 is 5.63. The highest BCUT2D eigenvalue weighted by molar-refractivity contribution is 5.79. The maximum Gasteiger partial charge on any atom is 0.0720 e. The van der Waals surface area contributed by atoms with Crippen LogP contribution in [0.2, 0.25) is 0 Å². The summed E-state index contributed by atoms with van der Waals surface area (Å²) >= 11 is 0. The van der Waals surface area contributed by atoms with Gasteiger partial charge >= 0.3 is 0 Å². The zero-order valence-electron chi connectivity index (χ0n) is 9.31. The first kappa shape index (κ1) is 11.7. The molecular formula is C12H18N2O. The zero-order chi connectivity index (χ0) is 11.1. The van der Waals surface area contributed by atoms with E-state index in [1.807, 2.05) is 24.3 Å². The second-order valence-corrected chi connectivity index (χ2v) is 3.55. The predicted octanol–water partition coefficient (Wildman–Crippen LogP) is 2.29. The topological polar surface area (TPSA) is 47.6 Å². The number of hydrogen-bond donors (Lipinski definition) is 1. The Balaban J connectivity index is 2.57. The number of rotatable bonds is 5. The fraction of sp³-hybridized carbons (Fsp3) is 0.417. The third-order valence-electron chi connectivity index (χ3n) is 2.28. The molecule has 1 aromatic rings. The molecule has 0 aliphatic rings. The minimum Gasteiger partial charge on any atom is -0.374 e. The minimum absolute atomic E-state index is 0.303. The normalized spacial score (nSPS) is 13.2. The van der Waals surface area contributed by atoms with Gasteiger partial charge in [0.25, 0.3) is 0 Å². The molecule has 1 aromatic carbocycles. The van der Waals surface area contributed by atoms with E-state index in [4.69, 9.17) is 10.6 Å². The summed E-state index contributed by atoms with van der Waals surface area (Å²) in [6.45, 7) is 4.83. The Hall–Kier alpha value is -1.35. The van der Waals surface area contributed by atoms with Crippen molar-refractivity contribution in [2.75, 3.05) is 0 Å². The molecule has 0 spiro atoms. The maximum absolute atomic E-state index is 5.63. The first-order valence-corrected chi connectivity index (χ1v) is 5.20. The first-order valence-electron chi connectivity index (χ1n) is 5.20. The molecule has 0 heterocycles. The lowest BCUT2D eigenvalue weighted by Crippen LogP contribution is -2.06. The van der Waals surface area contributed by atoms with Gasteiger partial charge in [-0.15, -0.1) is 0 Å². The van der Waals surface area contributed by atoms with Gasteiger partial charge < -0.3 is 10.6 Å². The summed E-state index contributed by atoms with van der Waals surface area (Å²) in [5, 5.41) is 3.49. The molecule has 15 heavy (non-hydrogen) atoms. The first-order chi connectivity index (χ1) is 7.26. The molecule has 1 rings (SSSR count). The highest BCUT2D eigenvalue weighted by Crippen LogP contribution is 2.07. The van der Waals surface area contributed by atoms with Crippen molar-refractivity contribution >= 4 is 6.21 Å². The monoisotopic (exact) mass is 206 g/mol. The van der Waals surface area contributed by atoms with Crippen LogP contribution in [-0.2, 0) is 11.3 Å². The van der Waals surface area contributed by atoms with Gasteiger partial charge in [-0.25, -0.2) is 0 Å². The molecule has 2 N–H and O–H groups in total. The van der Waals surface area contributed by atoms with E-state index in [0.717, 1.165) is 17.5 Å². The second-order valence-electron chi connectivity index (χ2n) is 3.55. The fourth-order valence-electron chi connectivity index (χ4n) is 1.21. The summed E-state index contributed by atoms with van der Waals surface area (Å²) in [6.07, 6.45) is 2.97. The van der Waals surface area contributed by atoms with Gasteiger partial charge in [0.2, 0.25) is 0 Å². The Morgan fingerprint density at radius 2 is 2.33 bits per heavy atom. The standard InChI is InChI=1S/C12H18N2O/c1-3-10(2)15-9-12-6-4-5-11(7-12)8-14-13/h4-8,10H,3,9,13H2,1-2H3. The van der Waals surface area contributed by atoms with Crippen LogP contribution in [0, 0.1) is 0 Å². The van der Waals surface area contributed by atoms with Gasteiger partial charge in [-0.2, -0.15) is 5.10 Å². The Morgan fingerprint density at radius 1 is 1.53 bits per heavy atom. The van der Waals surface area contributed by atoms with Crippen LogP contribution in [0.3, 0.4) is 0 Å². The molecule has 0 saturated carbocycles. The van der Waals surface area contributed by atoms with Crippen molar-refractivity contribution in [3.05, 3.63) is 35.4 Å². The lowest BCUT2D eigenvalue weighted by atomic mass is 10.1. The predicted molar refractivity (Wildman–Crippen MR) is 62.8 cm³/mol. The Bertz CT molecular complexity index is 323. The number of benzene rings is 1. The highest BCUT2D eigenvalue weighted by Gasteiger charge is 1.99. The summed E-state index contributed by atoms with van der Waals surface area (Å²) in [6, 6.07) is 8.00. The third kappa shape index (κ3) is 4.13. The number of hydrogen-bond acceptors (Lipinski definition) is 3. The van der Waals surface area contributed by atoms with Crippen molar-refractivity contribution in [1.82, 2.24) is 0 Å². The fourth-order valence-corrected chi connectivity index (χ4v) is 1.21. The van der Waals surface area contributed by atoms with E-state index >= 15 is 0 Å². The van der Waals surface area contributed by atoms with E-state index in [1.165, 1.54) is 0 Å². The van der Waals surface area contributed by atoms with Crippen molar-refractivity contribution in [2.24, 2.45) is 10.9 Å². The van der Waals surface area contributed by atoms with Gasteiger partial charge in [0.05, 0.1) is 18.9 Å². The minimum atomic E-state index is 0.303. The van der Waals surface area contributed by atoms with E-state index in [1.54, 1.807) is 6.21 Å². The molecule has 0 amide bonds. The van der Waals surface area contributed by atoms with Gasteiger partial charge in [-0.1, -0.05) is 25.1 Å². The van der Waals surface area contributed by atoms with E-state index < -0.39 is 0 Å². The molecule has 0 saturated heterocycles. The maximum atomic E-state index is 5.63. The van der Waals surface area contributed by atoms with Crippen molar-refractivity contribution < 1.29 is 4.74 Å². The lowest BCUT2D eigenvalue weighted by Gasteiger charge is -2.10. The summed E-state index contributed by atoms with van der Waals surface area (Å²) in [4.78, 5) is 0. The van der Waals surface area contributed by atoms with E-state index in [9.17, 15) is 0 Å². The van der Waals surface area contributed by atoms with Crippen LogP contribution in [0.5, 0.6) is 0 Å². The van der Waals surface area contributed by atoms with Crippen molar-refractivity contribution in [3.63, 3.8) is 0 Å². The van der Waals surface area contributed by atoms with E-state index in [0.29, 0.717) is 12.7 Å². The summed E-state index contributed by atoms with van der Waals surface area (Å²) in [5.41, 5.74) is 2.15. The van der Waals surface area contributed by atoms with Gasteiger partial charge in [0.15, 0.2) is 0 Å². The van der Waals surface area contributed by atoms with Crippen LogP contribution in [-0.4, -0.2) is 12.3 Å². The van der Waals surface area contributed by atoms with Crippen LogP contribution in [0.4, 0.5) is 0 Å². The Kier molecular flexibility index (Phi) is 4.84. The van der Waals surface area contributed by atoms with Gasteiger partial charge in [-0.3, -0.25) is 0 Å². The van der Waals surface area contributed by atoms with Gasteiger partial charge in [0.1, 0.15) is 0 Å². The molecule has 3 heteroatoms. The average Bonchev–Trinajstić information content (AvgIpc) is 2.27. The zero-order valence-corrected chi connectivity index (χ0v) is 9.31. The number of nitrogens with zero attached hydrogens (tertiary/aromatic N) is 1. The summed E-state index contributed by atoms with van der Waals surface area (Å²) in [5.74, 6) is 5.09. The molecule has 82 valence electrons. The third-order valence-corrected chi connectivity index (χ3v) is 2.28. The highest BCUT2D eigenvalue weighted by atomic mass is 16.5. The van der Waals surface area contributed by atoms with Gasteiger partial charge in [0, 0.05) is 0 Å². The van der Waals surface area contributed by atoms with Crippen LogP contribution in [0.1, 0.15) is 31.4 Å². The lowest BCUT2D eigenvalue weighted by molar-refractivity contribution is 0.0508. The Labute approximate surface area is 90.9 Å². The van der Waals surface area contributed by atoms with Crippen molar-refractivity contribution in [2.45, 2.75) is 33.0 Å². The molecule has 3 nitrogen and oxygen atoms in total.